The first-order chi connectivity index (χ1) is 12.2. The molecule has 0 fully saturated rings. The van der Waals surface area contributed by atoms with Crippen LogP contribution in [0.2, 0.25) is 0 Å². The van der Waals surface area contributed by atoms with E-state index in [2.05, 4.69) is 11.4 Å². The summed E-state index contributed by atoms with van der Waals surface area (Å²) in [6, 6.07) is 15.5. The van der Waals surface area contributed by atoms with Crippen molar-refractivity contribution >= 4 is 18.0 Å². The molecule has 0 saturated carbocycles. The molecule has 128 valence electrons. The van der Waals surface area contributed by atoms with Crippen LogP contribution in [0, 0.1) is 0 Å². The van der Waals surface area contributed by atoms with Gasteiger partial charge in [-0.25, -0.2) is 4.79 Å². The first-order valence-electron chi connectivity index (χ1n) is 8.49. The van der Waals surface area contributed by atoms with Gasteiger partial charge >= 0.3 is 6.09 Å². The normalized spacial score (nSPS) is 13.0. The predicted octanol–water partition coefficient (Wildman–Crippen LogP) is 4.15. The van der Waals surface area contributed by atoms with Gasteiger partial charge in [-0.05, 0) is 29.5 Å². The Morgan fingerprint density at radius 3 is 2.80 bits per heavy atom. The van der Waals surface area contributed by atoms with Gasteiger partial charge < -0.3 is 10.1 Å². The molecule has 2 aromatic carbocycles. The lowest BCUT2D eigenvalue weighted by atomic mass is 10.1. The molecule has 0 radical (unpaired) electrons. The fourth-order valence-electron chi connectivity index (χ4n) is 2.83. The van der Waals surface area contributed by atoms with Gasteiger partial charge in [-0.1, -0.05) is 60.7 Å². The zero-order valence-corrected chi connectivity index (χ0v) is 14.0. The smallest absolute Gasteiger partial charge is 0.407 e. The Morgan fingerprint density at radius 1 is 1.12 bits per heavy atom. The molecule has 0 atom stereocenters. The van der Waals surface area contributed by atoms with Crippen LogP contribution in [0.3, 0.4) is 0 Å². The highest BCUT2D eigenvalue weighted by molar-refractivity contribution is 6.00. The maximum absolute atomic E-state index is 11.6. The summed E-state index contributed by atoms with van der Waals surface area (Å²) in [6.45, 7) is 0.796. The van der Waals surface area contributed by atoms with Gasteiger partial charge in [0.2, 0.25) is 0 Å². The highest BCUT2D eigenvalue weighted by atomic mass is 16.5. The summed E-state index contributed by atoms with van der Waals surface area (Å²) in [5, 5.41) is 2.73. The fraction of sp³-hybridized carbons (Fsp3) is 0.238. The van der Waals surface area contributed by atoms with Gasteiger partial charge in [-0.2, -0.15) is 0 Å². The third-order valence-corrected chi connectivity index (χ3v) is 4.15. The van der Waals surface area contributed by atoms with Gasteiger partial charge in [0.15, 0.2) is 5.78 Å². The fourth-order valence-corrected chi connectivity index (χ4v) is 2.83. The molecule has 0 unspecified atom stereocenters. The average molecular weight is 335 g/mol. The largest absolute Gasteiger partial charge is 0.445 e. The molecule has 1 aliphatic carbocycles. The molecule has 4 heteroatoms. The number of fused-ring (bicyclic) bond motifs is 1. The van der Waals surface area contributed by atoms with Gasteiger partial charge in [-0.3, -0.25) is 4.79 Å². The summed E-state index contributed by atoms with van der Waals surface area (Å²) < 4.78 is 5.15. The van der Waals surface area contributed by atoms with Crippen molar-refractivity contribution in [1.82, 2.24) is 5.32 Å². The van der Waals surface area contributed by atoms with E-state index in [0.717, 1.165) is 35.1 Å². The number of benzene rings is 2. The Kier molecular flexibility index (Phi) is 5.62. The lowest BCUT2D eigenvalue weighted by molar-refractivity contribution is 0.0994. The summed E-state index contributed by atoms with van der Waals surface area (Å²) in [4.78, 5) is 23.2. The molecule has 1 aliphatic rings. The molecule has 1 amide bonds. The summed E-state index contributed by atoms with van der Waals surface area (Å²) in [5.74, 6) is 0.240. The van der Waals surface area contributed by atoms with Gasteiger partial charge in [-0.15, -0.1) is 0 Å². The van der Waals surface area contributed by atoms with Crippen molar-refractivity contribution in [1.29, 1.82) is 0 Å². The molecule has 0 aliphatic heterocycles. The third kappa shape index (κ3) is 4.80. The molecular weight excluding hydrogens is 314 g/mol. The number of rotatable bonds is 6. The van der Waals surface area contributed by atoms with Crippen LogP contribution in [0.5, 0.6) is 0 Å². The van der Waals surface area contributed by atoms with E-state index in [-0.39, 0.29) is 12.4 Å². The minimum absolute atomic E-state index is 0.240. The van der Waals surface area contributed by atoms with Gasteiger partial charge in [0.1, 0.15) is 6.61 Å². The Balaban J connectivity index is 1.37. The van der Waals surface area contributed by atoms with Gasteiger partial charge in [0.25, 0.3) is 0 Å². The number of hydrogen-bond acceptors (Lipinski definition) is 3. The second-order valence-corrected chi connectivity index (χ2v) is 6.02. The van der Waals surface area contributed by atoms with Crippen molar-refractivity contribution < 1.29 is 14.3 Å². The third-order valence-electron chi connectivity index (χ3n) is 4.15. The molecule has 0 heterocycles. The van der Waals surface area contributed by atoms with E-state index < -0.39 is 6.09 Å². The maximum Gasteiger partial charge on any atom is 0.407 e. The van der Waals surface area contributed by atoms with Crippen LogP contribution in [0.1, 0.15) is 39.9 Å². The molecule has 0 saturated heterocycles. The van der Waals surface area contributed by atoms with E-state index in [0.29, 0.717) is 13.0 Å². The van der Waals surface area contributed by atoms with Crippen LogP contribution in [-0.2, 0) is 17.8 Å². The van der Waals surface area contributed by atoms with E-state index in [9.17, 15) is 9.59 Å². The van der Waals surface area contributed by atoms with Crippen LogP contribution in [0.4, 0.5) is 4.79 Å². The minimum atomic E-state index is -0.409. The number of carbonyl (C=O) groups is 2. The molecule has 25 heavy (non-hydrogen) atoms. The molecule has 0 aromatic heterocycles. The van der Waals surface area contributed by atoms with Crippen molar-refractivity contribution in [3.8, 4) is 0 Å². The predicted molar refractivity (Wildman–Crippen MR) is 97.4 cm³/mol. The number of Topliss-reactive ketones (excluding diaryl/α,β-unsaturated/α-hetero) is 1. The molecule has 1 N–H and O–H groups in total. The van der Waals surface area contributed by atoms with E-state index in [1.807, 2.05) is 54.6 Å². The topological polar surface area (TPSA) is 55.4 Å². The number of ketones is 1. The number of aryl methyl sites for hydroxylation is 1. The SMILES string of the molecule is O=C(NCCC=Cc1ccc2c(c1)CCC2=O)OCc1ccccc1. The zero-order valence-electron chi connectivity index (χ0n) is 14.0. The number of alkyl carbamates (subject to hydrolysis) is 1. The van der Waals surface area contributed by atoms with Crippen molar-refractivity contribution in [2.75, 3.05) is 6.54 Å². The van der Waals surface area contributed by atoms with Gasteiger partial charge in [0.05, 0.1) is 0 Å². The zero-order chi connectivity index (χ0) is 17.5. The second kappa shape index (κ2) is 8.29. The number of amides is 1. The van der Waals surface area contributed by atoms with E-state index in [1.54, 1.807) is 0 Å². The maximum atomic E-state index is 11.6. The molecule has 0 bridgehead atoms. The van der Waals surface area contributed by atoms with E-state index in [1.165, 1.54) is 0 Å². The van der Waals surface area contributed by atoms with E-state index >= 15 is 0 Å². The van der Waals surface area contributed by atoms with Crippen LogP contribution in [0.25, 0.3) is 6.08 Å². The highest BCUT2D eigenvalue weighted by Crippen LogP contribution is 2.23. The standard InChI is InChI=1S/C21H21NO3/c23-20-12-10-18-14-16(9-11-19(18)20)6-4-5-13-22-21(24)25-15-17-7-2-1-3-8-17/h1-4,6-9,11,14H,5,10,12-13,15H2,(H,22,24). The van der Waals surface area contributed by atoms with Gasteiger partial charge in [0, 0.05) is 18.5 Å². The lowest BCUT2D eigenvalue weighted by Crippen LogP contribution is -2.24. The summed E-state index contributed by atoms with van der Waals surface area (Å²) in [5.41, 5.74) is 4.04. The number of nitrogens with one attached hydrogen (secondary N) is 1. The van der Waals surface area contributed by atoms with Crippen LogP contribution < -0.4 is 5.32 Å². The molecule has 0 spiro atoms. The van der Waals surface area contributed by atoms with Crippen molar-refractivity contribution in [3.63, 3.8) is 0 Å². The van der Waals surface area contributed by atoms with Crippen LogP contribution in [-0.4, -0.2) is 18.4 Å². The van der Waals surface area contributed by atoms with Crippen molar-refractivity contribution in [2.24, 2.45) is 0 Å². The average Bonchev–Trinajstić information content (AvgIpc) is 3.01. The molecule has 3 rings (SSSR count). The van der Waals surface area contributed by atoms with Crippen LogP contribution in [0.15, 0.2) is 54.6 Å². The van der Waals surface area contributed by atoms with Crippen molar-refractivity contribution in [3.05, 3.63) is 76.9 Å². The number of ether oxygens (including phenoxy) is 1. The quantitative estimate of drug-likeness (QED) is 0.807. The lowest BCUT2D eigenvalue weighted by Gasteiger charge is -2.06. The number of hydrogen-bond donors (Lipinski definition) is 1. The Bertz CT molecular complexity index is 781. The summed E-state index contributed by atoms with van der Waals surface area (Å²) >= 11 is 0. The first-order valence-corrected chi connectivity index (χ1v) is 8.49. The molecule has 4 nitrogen and oxygen atoms in total. The number of carbonyl (C=O) groups excluding carboxylic acids is 2. The monoisotopic (exact) mass is 335 g/mol. The van der Waals surface area contributed by atoms with Crippen LogP contribution >= 0.6 is 0 Å². The second-order valence-electron chi connectivity index (χ2n) is 6.02. The Morgan fingerprint density at radius 2 is 1.96 bits per heavy atom. The molecule has 2 aromatic rings. The minimum Gasteiger partial charge on any atom is -0.445 e. The Hall–Kier alpha value is -2.88. The molecular formula is C21H21NO3. The van der Waals surface area contributed by atoms with E-state index in [4.69, 9.17) is 4.74 Å². The highest BCUT2D eigenvalue weighted by Gasteiger charge is 2.18. The van der Waals surface area contributed by atoms with Crippen molar-refractivity contribution in [2.45, 2.75) is 25.9 Å². The summed E-state index contributed by atoms with van der Waals surface area (Å²) in [6.07, 6.45) is 5.79. The summed E-state index contributed by atoms with van der Waals surface area (Å²) in [7, 11) is 0. The Labute approximate surface area is 147 Å². The first kappa shape index (κ1) is 17.0.